The monoisotopic (exact) mass is 433 g/mol. The number of nitrogens with one attached hydrogen (secondary N) is 1. The molecule has 1 aliphatic heterocycles. The summed E-state index contributed by atoms with van der Waals surface area (Å²) in [7, 11) is 3.48. The van der Waals surface area contributed by atoms with Crippen LogP contribution in [0, 0.1) is 6.92 Å². The molecule has 0 saturated carbocycles. The normalized spacial score (nSPS) is 17.2. The molecule has 1 unspecified atom stereocenters. The molecule has 2 aromatic carbocycles. The number of benzene rings is 2. The number of hydrogen-bond donors (Lipinski definition) is 1. The molecule has 7 nitrogen and oxygen atoms in total. The average Bonchev–Trinajstić information content (AvgIpc) is 3.14. The molecule has 0 radical (unpaired) electrons. The van der Waals surface area contributed by atoms with Crippen LogP contribution in [-0.4, -0.2) is 60.8 Å². The molecule has 0 spiro atoms. The molecule has 1 fully saturated rings. The van der Waals surface area contributed by atoms with Crippen LogP contribution in [0.15, 0.2) is 41.3 Å². The molecule has 1 N–H and O–H groups in total. The van der Waals surface area contributed by atoms with Gasteiger partial charge in [-0.1, -0.05) is 12.1 Å². The number of nitrogens with zero attached hydrogens (tertiary/aromatic N) is 2. The van der Waals surface area contributed by atoms with Gasteiger partial charge in [0.15, 0.2) is 0 Å². The number of rotatable bonds is 8. The van der Waals surface area contributed by atoms with Gasteiger partial charge in [-0.3, -0.25) is 4.90 Å². The molecule has 0 aliphatic carbocycles. The van der Waals surface area contributed by atoms with Crippen molar-refractivity contribution in [2.24, 2.45) is 0 Å². The first-order chi connectivity index (χ1) is 14.2. The molecule has 3 rings (SSSR count). The minimum absolute atomic E-state index is 0.146. The third kappa shape index (κ3) is 5.06. The molecule has 0 bridgehead atoms. The second-order valence-electron chi connectivity index (χ2n) is 7.89. The standard InChI is InChI=1S/C22H31N3O4S/c1-16-6-9-20(28-4)22(12-16)30(26,27)23-18-10-11-25(15-18)14-17-7-8-19(24(2)3)13-21(17)29-5/h6-9,12-13,18,23H,10-11,14-15H2,1-5H3. The third-order valence-electron chi connectivity index (χ3n) is 5.38. The Labute approximate surface area is 179 Å². The zero-order chi connectivity index (χ0) is 21.9. The maximum absolute atomic E-state index is 13.0. The lowest BCUT2D eigenvalue weighted by atomic mass is 10.1. The summed E-state index contributed by atoms with van der Waals surface area (Å²) in [4.78, 5) is 4.46. The highest BCUT2D eigenvalue weighted by Crippen LogP contribution is 2.28. The number of methoxy groups -OCH3 is 2. The number of hydrogen-bond acceptors (Lipinski definition) is 6. The summed E-state index contributed by atoms with van der Waals surface area (Å²) in [6.07, 6.45) is 0.755. The van der Waals surface area contributed by atoms with Gasteiger partial charge in [0.25, 0.3) is 0 Å². The van der Waals surface area contributed by atoms with Crippen LogP contribution in [0.2, 0.25) is 0 Å². The van der Waals surface area contributed by atoms with E-state index in [2.05, 4.69) is 21.8 Å². The Morgan fingerprint density at radius 2 is 1.83 bits per heavy atom. The second kappa shape index (κ2) is 9.24. The van der Waals surface area contributed by atoms with E-state index in [0.29, 0.717) is 18.8 Å². The van der Waals surface area contributed by atoms with Crippen LogP contribution >= 0.6 is 0 Å². The highest BCUT2D eigenvalue weighted by atomic mass is 32.2. The summed E-state index contributed by atoms with van der Waals surface area (Å²) in [5.41, 5.74) is 3.04. The van der Waals surface area contributed by atoms with Crippen LogP contribution in [0.1, 0.15) is 17.5 Å². The molecule has 30 heavy (non-hydrogen) atoms. The first-order valence-corrected chi connectivity index (χ1v) is 11.5. The van der Waals surface area contributed by atoms with E-state index in [1.165, 1.54) is 7.11 Å². The van der Waals surface area contributed by atoms with Crippen LogP contribution in [0.4, 0.5) is 5.69 Å². The minimum atomic E-state index is -3.67. The summed E-state index contributed by atoms with van der Waals surface area (Å²) in [6, 6.07) is 11.2. The lowest BCUT2D eigenvalue weighted by molar-refractivity contribution is 0.315. The van der Waals surface area contributed by atoms with E-state index >= 15 is 0 Å². The van der Waals surface area contributed by atoms with Gasteiger partial charge in [-0.15, -0.1) is 0 Å². The van der Waals surface area contributed by atoms with Crippen molar-refractivity contribution in [1.29, 1.82) is 0 Å². The predicted molar refractivity (Wildman–Crippen MR) is 119 cm³/mol. The van der Waals surface area contributed by atoms with Crippen molar-refractivity contribution < 1.29 is 17.9 Å². The summed E-state index contributed by atoms with van der Waals surface area (Å²) in [5, 5.41) is 0. The molecule has 1 aliphatic rings. The van der Waals surface area contributed by atoms with Gasteiger partial charge in [0, 0.05) is 57.1 Å². The van der Waals surface area contributed by atoms with E-state index in [0.717, 1.165) is 35.5 Å². The number of likely N-dealkylation sites (tertiary alicyclic amines) is 1. The summed E-state index contributed by atoms with van der Waals surface area (Å²) < 4.78 is 39.6. The average molecular weight is 434 g/mol. The zero-order valence-corrected chi connectivity index (χ0v) is 19.1. The number of anilines is 1. The second-order valence-corrected chi connectivity index (χ2v) is 9.57. The van der Waals surface area contributed by atoms with Crippen LogP contribution in [0.3, 0.4) is 0 Å². The highest BCUT2D eigenvalue weighted by molar-refractivity contribution is 7.89. The SMILES string of the molecule is COc1cc(N(C)C)ccc1CN1CCC(NS(=O)(=O)c2cc(C)ccc2OC)C1. The van der Waals surface area contributed by atoms with E-state index in [1.54, 1.807) is 19.2 Å². The van der Waals surface area contributed by atoms with Crippen molar-refractivity contribution in [3.63, 3.8) is 0 Å². The fraction of sp³-hybridized carbons (Fsp3) is 0.455. The van der Waals surface area contributed by atoms with E-state index in [4.69, 9.17) is 9.47 Å². The topological polar surface area (TPSA) is 71.1 Å². The Morgan fingerprint density at radius 3 is 2.50 bits per heavy atom. The van der Waals surface area contributed by atoms with Gasteiger partial charge in [-0.05, 0) is 37.1 Å². The largest absolute Gasteiger partial charge is 0.496 e. The molecule has 1 atom stereocenters. The lowest BCUT2D eigenvalue weighted by Gasteiger charge is -2.20. The van der Waals surface area contributed by atoms with Crippen molar-refractivity contribution in [1.82, 2.24) is 9.62 Å². The Morgan fingerprint density at radius 1 is 1.10 bits per heavy atom. The van der Waals surface area contributed by atoms with E-state index in [1.807, 2.05) is 38.1 Å². The fourth-order valence-electron chi connectivity index (χ4n) is 3.73. The van der Waals surface area contributed by atoms with Crippen molar-refractivity contribution in [3.8, 4) is 11.5 Å². The van der Waals surface area contributed by atoms with Crippen molar-refractivity contribution in [2.75, 3.05) is 46.3 Å². The summed E-state index contributed by atoms with van der Waals surface area (Å²) >= 11 is 0. The van der Waals surface area contributed by atoms with Gasteiger partial charge in [0.2, 0.25) is 10.0 Å². The van der Waals surface area contributed by atoms with E-state index in [-0.39, 0.29) is 10.9 Å². The molecule has 8 heteroatoms. The Kier molecular flexibility index (Phi) is 6.90. The maximum Gasteiger partial charge on any atom is 0.244 e. The molecule has 1 heterocycles. The first-order valence-electron chi connectivity index (χ1n) is 9.97. The fourth-order valence-corrected chi connectivity index (χ4v) is 5.25. The van der Waals surface area contributed by atoms with Gasteiger partial charge >= 0.3 is 0 Å². The number of ether oxygens (including phenoxy) is 2. The van der Waals surface area contributed by atoms with Crippen LogP contribution in [0.25, 0.3) is 0 Å². The molecule has 0 aromatic heterocycles. The predicted octanol–water partition coefficient (Wildman–Crippen LogP) is 2.63. The van der Waals surface area contributed by atoms with E-state index < -0.39 is 10.0 Å². The lowest BCUT2D eigenvalue weighted by Crippen LogP contribution is -2.37. The van der Waals surface area contributed by atoms with Crippen LogP contribution in [-0.2, 0) is 16.6 Å². The molecule has 2 aromatic rings. The van der Waals surface area contributed by atoms with Crippen LogP contribution in [0.5, 0.6) is 11.5 Å². The van der Waals surface area contributed by atoms with Gasteiger partial charge in [-0.25, -0.2) is 13.1 Å². The van der Waals surface area contributed by atoms with Gasteiger partial charge in [0.1, 0.15) is 16.4 Å². The minimum Gasteiger partial charge on any atom is -0.496 e. The summed E-state index contributed by atoms with van der Waals surface area (Å²) in [5.74, 6) is 1.20. The molecular formula is C22H31N3O4S. The van der Waals surface area contributed by atoms with Crippen molar-refractivity contribution >= 4 is 15.7 Å². The Balaban J connectivity index is 1.68. The third-order valence-corrected chi connectivity index (χ3v) is 6.93. The number of aryl methyl sites for hydroxylation is 1. The smallest absolute Gasteiger partial charge is 0.244 e. The van der Waals surface area contributed by atoms with E-state index in [9.17, 15) is 8.42 Å². The van der Waals surface area contributed by atoms with Gasteiger partial charge < -0.3 is 14.4 Å². The zero-order valence-electron chi connectivity index (χ0n) is 18.3. The Bertz CT molecular complexity index is 992. The molecular weight excluding hydrogens is 402 g/mol. The first kappa shape index (κ1) is 22.4. The summed E-state index contributed by atoms with van der Waals surface area (Å²) in [6.45, 7) is 4.04. The Hall–Kier alpha value is -2.29. The number of sulfonamides is 1. The molecule has 0 amide bonds. The molecule has 1 saturated heterocycles. The van der Waals surface area contributed by atoms with Gasteiger partial charge in [-0.2, -0.15) is 0 Å². The quantitative estimate of drug-likeness (QED) is 0.690. The van der Waals surface area contributed by atoms with Crippen LogP contribution < -0.4 is 19.1 Å². The van der Waals surface area contributed by atoms with Gasteiger partial charge in [0.05, 0.1) is 14.2 Å². The van der Waals surface area contributed by atoms with Crippen molar-refractivity contribution in [3.05, 3.63) is 47.5 Å². The maximum atomic E-state index is 13.0. The highest BCUT2D eigenvalue weighted by Gasteiger charge is 2.29. The van der Waals surface area contributed by atoms with Crippen molar-refractivity contribution in [2.45, 2.75) is 30.8 Å². The molecule has 164 valence electrons.